The third-order valence-corrected chi connectivity index (χ3v) is 3.81. The van der Waals surface area contributed by atoms with E-state index in [-0.39, 0.29) is 0 Å². The average molecular weight is 297 g/mol. The van der Waals surface area contributed by atoms with Crippen LogP contribution in [-0.2, 0) is 0 Å². The van der Waals surface area contributed by atoms with Crippen LogP contribution in [0.5, 0.6) is 0 Å². The molecule has 0 fully saturated rings. The van der Waals surface area contributed by atoms with E-state index in [2.05, 4.69) is 42.5 Å². The number of rotatable bonds is 4. The first kappa shape index (κ1) is 15.0. The number of benzene rings is 3. The second-order valence-electron chi connectivity index (χ2n) is 5.45. The van der Waals surface area contributed by atoms with E-state index in [0.717, 1.165) is 16.7 Å². The molecule has 0 aliphatic carbocycles. The van der Waals surface area contributed by atoms with E-state index in [4.69, 9.17) is 5.41 Å². The summed E-state index contributed by atoms with van der Waals surface area (Å²) in [5.41, 5.74) is 3.53. The predicted molar refractivity (Wildman–Crippen MR) is 100 cm³/mol. The largest absolute Gasteiger partial charge is 0.300 e. The molecule has 0 atom stereocenters. The van der Waals surface area contributed by atoms with E-state index in [1.165, 1.54) is 10.8 Å². The molecule has 0 amide bonds. The Labute approximate surface area is 137 Å². The first-order chi connectivity index (χ1) is 11.3. The Kier molecular flexibility index (Phi) is 4.49. The van der Waals surface area contributed by atoms with Crippen molar-refractivity contribution < 1.29 is 0 Å². The number of hydrogen-bond donors (Lipinski definition) is 1. The molecule has 1 nitrogen and oxygen atoms in total. The predicted octanol–water partition coefficient (Wildman–Crippen LogP) is 5.85. The third-order valence-electron chi connectivity index (χ3n) is 3.81. The Balaban J connectivity index is 1.93. The van der Waals surface area contributed by atoms with Crippen molar-refractivity contribution >= 4 is 22.6 Å². The first-order valence-electron chi connectivity index (χ1n) is 7.75. The highest BCUT2D eigenvalue weighted by molar-refractivity contribution is 6.12. The highest BCUT2D eigenvalue weighted by Crippen LogP contribution is 2.19. The molecule has 0 saturated carbocycles. The van der Waals surface area contributed by atoms with Gasteiger partial charge in [0.05, 0.1) is 5.71 Å². The lowest BCUT2D eigenvalue weighted by Crippen LogP contribution is -2.01. The fraction of sp³-hybridized carbons (Fsp3) is 0.0455. The van der Waals surface area contributed by atoms with Gasteiger partial charge in [0.1, 0.15) is 0 Å². The maximum absolute atomic E-state index is 8.52. The van der Waals surface area contributed by atoms with Crippen molar-refractivity contribution in [3.63, 3.8) is 0 Å². The molecule has 0 bridgehead atoms. The van der Waals surface area contributed by atoms with Crippen LogP contribution in [0.2, 0.25) is 0 Å². The Morgan fingerprint density at radius 2 is 1.57 bits per heavy atom. The molecular formula is C22H19N. The summed E-state index contributed by atoms with van der Waals surface area (Å²) in [6.45, 7) is 2.00. The van der Waals surface area contributed by atoms with E-state index in [1.807, 2.05) is 55.5 Å². The van der Waals surface area contributed by atoms with Crippen molar-refractivity contribution in [2.75, 3.05) is 0 Å². The zero-order chi connectivity index (χ0) is 16.1. The molecule has 23 heavy (non-hydrogen) atoms. The SMILES string of the molecule is C/C=C\C=C/c1cccc(C(=N)c2ccc3ccccc3c2)c1. The highest BCUT2D eigenvalue weighted by atomic mass is 14.4. The number of fused-ring (bicyclic) bond motifs is 1. The molecular weight excluding hydrogens is 278 g/mol. The quantitative estimate of drug-likeness (QED) is 0.461. The number of hydrogen-bond acceptors (Lipinski definition) is 1. The Hall–Kier alpha value is -2.93. The molecule has 0 unspecified atom stereocenters. The van der Waals surface area contributed by atoms with Crippen LogP contribution < -0.4 is 0 Å². The molecule has 0 aliphatic heterocycles. The van der Waals surface area contributed by atoms with E-state index < -0.39 is 0 Å². The summed E-state index contributed by atoms with van der Waals surface area (Å²) in [5, 5.41) is 10.9. The third kappa shape index (κ3) is 3.46. The van der Waals surface area contributed by atoms with E-state index in [1.54, 1.807) is 0 Å². The minimum atomic E-state index is 0.553. The highest BCUT2D eigenvalue weighted by Gasteiger charge is 2.06. The van der Waals surface area contributed by atoms with Gasteiger partial charge in [0, 0.05) is 11.1 Å². The van der Waals surface area contributed by atoms with Gasteiger partial charge in [0.25, 0.3) is 0 Å². The van der Waals surface area contributed by atoms with Gasteiger partial charge in [-0.15, -0.1) is 0 Å². The smallest absolute Gasteiger partial charge is 0.0684 e. The van der Waals surface area contributed by atoms with Crippen molar-refractivity contribution in [1.29, 1.82) is 5.41 Å². The van der Waals surface area contributed by atoms with Gasteiger partial charge < -0.3 is 0 Å². The summed E-state index contributed by atoms with van der Waals surface area (Å²) in [4.78, 5) is 0. The van der Waals surface area contributed by atoms with Crippen LogP contribution in [0.1, 0.15) is 23.6 Å². The molecule has 3 aromatic rings. The summed E-state index contributed by atoms with van der Waals surface area (Å²) >= 11 is 0. The van der Waals surface area contributed by atoms with Gasteiger partial charge in [-0.2, -0.15) is 0 Å². The summed E-state index contributed by atoms with van der Waals surface area (Å²) in [6, 6.07) is 22.5. The molecule has 0 heterocycles. The summed E-state index contributed by atoms with van der Waals surface area (Å²) in [6.07, 6.45) is 8.06. The van der Waals surface area contributed by atoms with Crippen molar-refractivity contribution in [3.05, 3.63) is 102 Å². The lowest BCUT2D eigenvalue weighted by Gasteiger charge is -2.07. The normalized spacial score (nSPS) is 11.5. The molecule has 112 valence electrons. The molecule has 3 rings (SSSR count). The second-order valence-corrected chi connectivity index (χ2v) is 5.45. The van der Waals surface area contributed by atoms with Gasteiger partial charge in [0.2, 0.25) is 0 Å². The second kappa shape index (κ2) is 6.89. The zero-order valence-electron chi connectivity index (χ0n) is 13.2. The number of nitrogens with one attached hydrogen (secondary N) is 1. The molecule has 0 aliphatic rings. The fourth-order valence-corrected chi connectivity index (χ4v) is 2.59. The number of allylic oxidation sites excluding steroid dienone is 3. The Bertz CT molecular complexity index is 900. The van der Waals surface area contributed by atoms with Crippen LogP contribution in [-0.4, -0.2) is 5.71 Å². The molecule has 0 saturated heterocycles. The summed E-state index contributed by atoms with van der Waals surface area (Å²) < 4.78 is 0. The fourth-order valence-electron chi connectivity index (χ4n) is 2.59. The van der Waals surface area contributed by atoms with Crippen molar-refractivity contribution in [2.45, 2.75) is 6.92 Å². The Morgan fingerprint density at radius 1 is 0.783 bits per heavy atom. The van der Waals surface area contributed by atoms with Gasteiger partial charge in [-0.25, -0.2) is 0 Å². The summed E-state index contributed by atoms with van der Waals surface area (Å²) in [7, 11) is 0. The molecule has 3 aromatic carbocycles. The maximum atomic E-state index is 8.52. The summed E-state index contributed by atoms with van der Waals surface area (Å²) in [5.74, 6) is 0. The van der Waals surface area contributed by atoms with E-state index >= 15 is 0 Å². The van der Waals surface area contributed by atoms with Crippen LogP contribution in [0.4, 0.5) is 0 Å². The molecule has 1 N–H and O–H groups in total. The lowest BCUT2D eigenvalue weighted by molar-refractivity contribution is 1.46. The van der Waals surface area contributed by atoms with Crippen LogP contribution in [0.15, 0.2) is 85.0 Å². The lowest BCUT2D eigenvalue weighted by atomic mass is 9.98. The average Bonchev–Trinajstić information content (AvgIpc) is 2.61. The van der Waals surface area contributed by atoms with Crippen molar-refractivity contribution in [3.8, 4) is 0 Å². The molecule has 0 spiro atoms. The van der Waals surface area contributed by atoms with Crippen LogP contribution >= 0.6 is 0 Å². The van der Waals surface area contributed by atoms with E-state index in [9.17, 15) is 0 Å². The minimum absolute atomic E-state index is 0.553. The maximum Gasteiger partial charge on any atom is 0.0684 e. The van der Waals surface area contributed by atoms with Gasteiger partial charge >= 0.3 is 0 Å². The minimum Gasteiger partial charge on any atom is -0.300 e. The van der Waals surface area contributed by atoms with E-state index in [0.29, 0.717) is 5.71 Å². The van der Waals surface area contributed by atoms with Gasteiger partial charge in [0.15, 0.2) is 0 Å². The topological polar surface area (TPSA) is 23.9 Å². The molecule has 0 aromatic heterocycles. The van der Waals surface area contributed by atoms with Crippen molar-refractivity contribution in [1.82, 2.24) is 0 Å². The van der Waals surface area contributed by atoms with Crippen molar-refractivity contribution in [2.24, 2.45) is 0 Å². The van der Waals surface area contributed by atoms with Crippen LogP contribution in [0.3, 0.4) is 0 Å². The van der Waals surface area contributed by atoms with Crippen LogP contribution in [0.25, 0.3) is 16.8 Å². The first-order valence-corrected chi connectivity index (χ1v) is 7.75. The monoisotopic (exact) mass is 297 g/mol. The van der Waals surface area contributed by atoms with Crippen LogP contribution in [0, 0.1) is 5.41 Å². The standard InChI is InChI=1S/C22H19N/c1-2-3-4-8-17-9-7-12-20(15-17)22(23)21-14-13-18-10-5-6-11-19(18)16-21/h2-16,23H,1H3/b3-2-,8-4-,23-22?. The zero-order valence-corrected chi connectivity index (χ0v) is 13.2. The molecule has 1 heteroatoms. The Morgan fingerprint density at radius 3 is 2.39 bits per heavy atom. The van der Waals surface area contributed by atoms with Gasteiger partial charge in [-0.05, 0) is 35.4 Å². The van der Waals surface area contributed by atoms with Gasteiger partial charge in [-0.3, -0.25) is 5.41 Å². The molecule has 0 radical (unpaired) electrons. The van der Waals surface area contributed by atoms with Gasteiger partial charge in [-0.1, -0.05) is 78.9 Å².